The largest absolute Gasteiger partial charge is 0.303 e. The van der Waals surface area contributed by atoms with E-state index in [4.69, 9.17) is 0 Å². The lowest BCUT2D eigenvalue weighted by atomic mass is 9.93. The smallest absolute Gasteiger partial charge is 0.00247 e. The van der Waals surface area contributed by atoms with Crippen LogP contribution in [0.4, 0.5) is 0 Å². The molecule has 0 aromatic heterocycles. The van der Waals surface area contributed by atoms with E-state index in [1.807, 2.05) is 0 Å². The standard InChI is InChI=1S/C10H19N/c1-3-8-5-10(8)9-6-11(4-2)7-9/h8-10H,3-7H2,1-2H3. The zero-order valence-electron chi connectivity index (χ0n) is 7.71. The Morgan fingerprint density at radius 1 is 1.27 bits per heavy atom. The van der Waals surface area contributed by atoms with E-state index < -0.39 is 0 Å². The molecule has 2 atom stereocenters. The highest BCUT2D eigenvalue weighted by atomic mass is 15.2. The molecule has 0 aromatic rings. The van der Waals surface area contributed by atoms with Crippen LogP contribution in [0, 0.1) is 17.8 Å². The minimum Gasteiger partial charge on any atom is -0.303 e. The van der Waals surface area contributed by atoms with Crippen LogP contribution in [0.5, 0.6) is 0 Å². The summed E-state index contributed by atoms with van der Waals surface area (Å²) in [6.45, 7) is 8.66. The van der Waals surface area contributed by atoms with Crippen LogP contribution < -0.4 is 0 Å². The van der Waals surface area contributed by atoms with Gasteiger partial charge in [-0.05, 0) is 30.7 Å². The van der Waals surface area contributed by atoms with Crippen molar-refractivity contribution in [2.75, 3.05) is 19.6 Å². The summed E-state index contributed by atoms with van der Waals surface area (Å²) < 4.78 is 0. The Balaban J connectivity index is 1.68. The number of nitrogens with zero attached hydrogens (tertiary/aromatic N) is 1. The molecule has 0 spiro atoms. The molecular weight excluding hydrogens is 134 g/mol. The minimum atomic E-state index is 1.08. The van der Waals surface area contributed by atoms with Crippen LogP contribution in [-0.4, -0.2) is 24.5 Å². The van der Waals surface area contributed by atoms with Gasteiger partial charge in [0.05, 0.1) is 0 Å². The lowest BCUT2D eigenvalue weighted by molar-refractivity contribution is 0.0875. The Labute approximate surface area is 69.8 Å². The van der Waals surface area contributed by atoms with Gasteiger partial charge in [0.1, 0.15) is 0 Å². The van der Waals surface area contributed by atoms with E-state index in [2.05, 4.69) is 18.7 Å². The maximum Gasteiger partial charge on any atom is 0.00247 e. The average molecular weight is 153 g/mol. The third-order valence-corrected chi connectivity index (χ3v) is 3.54. The van der Waals surface area contributed by atoms with Crippen molar-refractivity contribution in [3.8, 4) is 0 Å². The summed E-state index contributed by atoms with van der Waals surface area (Å²) in [7, 11) is 0. The van der Waals surface area contributed by atoms with Gasteiger partial charge in [-0.1, -0.05) is 20.3 Å². The highest BCUT2D eigenvalue weighted by Crippen LogP contribution is 2.49. The highest BCUT2D eigenvalue weighted by Gasteiger charge is 2.45. The van der Waals surface area contributed by atoms with Crippen molar-refractivity contribution in [2.24, 2.45) is 17.8 Å². The van der Waals surface area contributed by atoms with Crippen LogP contribution in [0.3, 0.4) is 0 Å². The van der Waals surface area contributed by atoms with Crippen molar-refractivity contribution in [1.29, 1.82) is 0 Å². The number of likely N-dealkylation sites (tertiary alicyclic amines) is 1. The fourth-order valence-electron chi connectivity index (χ4n) is 2.46. The minimum absolute atomic E-state index is 1.08. The molecule has 11 heavy (non-hydrogen) atoms. The van der Waals surface area contributed by atoms with Crippen LogP contribution in [0.2, 0.25) is 0 Å². The lowest BCUT2D eigenvalue weighted by Crippen LogP contribution is -2.47. The maximum atomic E-state index is 2.55. The molecule has 2 rings (SSSR count). The molecule has 1 aliphatic carbocycles. The molecule has 0 radical (unpaired) electrons. The monoisotopic (exact) mass is 153 g/mol. The van der Waals surface area contributed by atoms with E-state index in [1.165, 1.54) is 26.1 Å². The first-order chi connectivity index (χ1) is 5.35. The second-order valence-electron chi connectivity index (χ2n) is 4.18. The predicted octanol–water partition coefficient (Wildman–Crippen LogP) is 1.98. The molecule has 64 valence electrons. The van der Waals surface area contributed by atoms with Crippen LogP contribution in [0.1, 0.15) is 26.7 Å². The van der Waals surface area contributed by atoms with Gasteiger partial charge < -0.3 is 4.90 Å². The second-order valence-corrected chi connectivity index (χ2v) is 4.18. The van der Waals surface area contributed by atoms with Crippen molar-refractivity contribution in [2.45, 2.75) is 26.7 Å². The molecule has 1 heterocycles. The zero-order chi connectivity index (χ0) is 7.84. The van der Waals surface area contributed by atoms with Gasteiger partial charge in [0, 0.05) is 13.1 Å². The summed E-state index contributed by atoms with van der Waals surface area (Å²) in [4.78, 5) is 2.55. The average Bonchev–Trinajstić information content (AvgIpc) is 2.65. The summed E-state index contributed by atoms with van der Waals surface area (Å²) in [6, 6.07) is 0. The quantitative estimate of drug-likeness (QED) is 0.599. The second kappa shape index (κ2) is 2.78. The van der Waals surface area contributed by atoms with Crippen LogP contribution in [0.25, 0.3) is 0 Å². The van der Waals surface area contributed by atoms with E-state index in [-0.39, 0.29) is 0 Å². The van der Waals surface area contributed by atoms with E-state index in [1.54, 1.807) is 6.42 Å². The molecule has 1 saturated carbocycles. The third-order valence-electron chi connectivity index (χ3n) is 3.54. The SMILES string of the molecule is CCC1CC1C1CN(CC)C1. The van der Waals surface area contributed by atoms with Gasteiger partial charge in [-0.3, -0.25) is 0 Å². The third kappa shape index (κ3) is 1.31. The van der Waals surface area contributed by atoms with Crippen LogP contribution in [-0.2, 0) is 0 Å². The summed E-state index contributed by atoms with van der Waals surface area (Å²) >= 11 is 0. The van der Waals surface area contributed by atoms with E-state index >= 15 is 0 Å². The molecule has 2 unspecified atom stereocenters. The molecule has 2 fully saturated rings. The first-order valence-corrected chi connectivity index (χ1v) is 5.07. The van der Waals surface area contributed by atoms with Crippen molar-refractivity contribution in [1.82, 2.24) is 4.90 Å². The molecule has 0 aromatic carbocycles. The van der Waals surface area contributed by atoms with Crippen LogP contribution >= 0.6 is 0 Å². The summed E-state index contributed by atoms with van der Waals surface area (Å²) in [5.41, 5.74) is 0. The van der Waals surface area contributed by atoms with Crippen LogP contribution in [0.15, 0.2) is 0 Å². The fraction of sp³-hybridized carbons (Fsp3) is 1.00. The topological polar surface area (TPSA) is 3.24 Å². The molecule has 1 saturated heterocycles. The normalized spacial score (nSPS) is 38.7. The molecule has 0 N–H and O–H groups in total. The van der Waals surface area contributed by atoms with E-state index in [0.29, 0.717) is 0 Å². The fourth-order valence-corrected chi connectivity index (χ4v) is 2.46. The summed E-state index contributed by atoms with van der Waals surface area (Å²) in [5.74, 6) is 3.32. The van der Waals surface area contributed by atoms with Crippen molar-refractivity contribution >= 4 is 0 Å². The highest BCUT2D eigenvalue weighted by molar-refractivity contribution is 4.96. The van der Waals surface area contributed by atoms with Gasteiger partial charge in [0.15, 0.2) is 0 Å². The van der Waals surface area contributed by atoms with Gasteiger partial charge in [-0.2, -0.15) is 0 Å². The maximum absolute atomic E-state index is 2.55. The number of hydrogen-bond acceptors (Lipinski definition) is 1. The van der Waals surface area contributed by atoms with Gasteiger partial charge in [0.25, 0.3) is 0 Å². The molecule has 1 nitrogen and oxygen atoms in total. The Bertz CT molecular complexity index is 138. The van der Waals surface area contributed by atoms with Gasteiger partial charge in [-0.15, -0.1) is 0 Å². The first kappa shape index (κ1) is 7.60. The number of rotatable bonds is 3. The molecule has 0 amide bonds. The summed E-state index contributed by atoms with van der Waals surface area (Å²) in [6.07, 6.45) is 2.96. The zero-order valence-corrected chi connectivity index (χ0v) is 7.71. The van der Waals surface area contributed by atoms with Gasteiger partial charge >= 0.3 is 0 Å². The molecule has 1 heteroatoms. The molecular formula is C10H19N. The predicted molar refractivity (Wildman–Crippen MR) is 47.5 cm³/mol. The Morgan fingerprint density at radius 2 is 2.00 bits per heavy atom. The summed E-state index contributed by atoms with van der Waals surface area (Å²) in [5, 5.41) is 0. The molecule has 1 aliphatic heterocycles. The molecule has 0 bridgehead atoms. The van der Waals surface area contributed by atoms with E-state index in [0.717, 1.165) is 17.8 Å². The van der Waals surface area contributed by atoms with E-state index in [9.17, 15) is 0 Å². The number of hydrogen-bond donors (Lipinski definition) is 0. The first-order valence-electron chi connectivity index (χ1n) is 5.07. The van der Waals surface area contributed by atoms with Crippen molar-refractivity contribution in [3.05, 3.63) is 0 Å². The van der Waals surface area contributed by atoms with Gasteiger partial charge in [0.2, 0.25) is 0 Å². The Hall–Kier alpha value is -0.0400. The van der Waals surface area contributed by atoms with Crippen molar-refractivity contribution in [3.63, 3.8) is 0 Å². The lowest BCUT2D eigenvalue weighted by Gasteiger charge is -2.39. The Kier molecular flexibility index (Phi) is 1.92. The van der Waals surface area contributed by atoms with Gasteiger partial charge in [-0.25, -0.2) is 0 Å². The molecule has 2 aliphatic rings. The van der Waals surface area contributed by atoms with Crippen molar-refractivity contribution < 1.29 is 0 Å². The Morgan fingerprint density at radius 3 is 2.45 bits per heavy atom.